The molecule has 0 atom stereocenters. The molecule has 0 aliphatic heterocycles. The average Bonchev–Trinajstić information content (AvgIpc) is 2.55. The zero-order valence-corrected chi connectivity index (χ0v) is 14.5. The molecule has 0 bridgehead atoms. The Morgan fingerprint density at radius 3 is 2.54 bits per heavy atom. The van der Waals surface area contributed by atoms with Crippen LogP contribution in [0.2, 0.25) is 0 Å². The van der Waals surface area contributed by atoms with E-state index in [0.29, 0.717) is 22.5 Å². The molecule has 3 rings (SSSR count). The fourth-order valence-corrected chi connectivity index (χ4v) is 4.02. The molecule has 6 heteroatoms. The third kappa shape index (κ3) is 2.92. The first-order valence-electron chi connectivity index (χ1n) is 7.44. The summed E-state index contributed by atoms with van der Waals surface area (Å²) in [7, 11) is -2.23. The number of rotatable bonds is 4. The number of anilines is 1. The number of nitrogens with one attached hydrogen (secondary N) is 1. The minimum atomic E-state index is -3.75. The van der Waals surface area contributed by atoms with Crippen LogP contribution in [0.5, 0.6) is 5.75 Å². The molecule has 0 fully saturated rings. The molecule has 0 spiro atoms. The molecule has 1 heterocycles. The quantitative estimate of drug-likeness (QED) is 0.785. The standard InChI is InChI=1S/C18H18N2O3S/c1-12-10-13(2)17(11-16(12)23-3)24(21,22)20-15-8-4-6-14-7-5-9-19-18(14)15/h4-11,20H,1-3H3. The lowest BCUT2D eigenvalue weighted by Crippen LogP contribution is -2.15. The molecular weight excluding hydrogens is 324 g/mol. The van der Waals surface area contributed by atoms with Gasteiger partial charge in [-0.15, -0.1) is 0 Å². The zero-order valence-electron chi connectivity index (χ0n) is 13.7. The van der Waals surface area contributed by atoms with Crippen LogP contribution in [0.25, 0.3) is 10.9 Å². The molecule has 3 aromatic rings. The summed E-state index contributed by atoms with van der Waals surface area (Å²) in [4.78, 5) is 4.47. The Balaban J connectivity index is 2.09. The van der Waals surface area contributed by atoms with Crippen molar-refractivity contribution < 1.29 is 13.2 Å². The second-order valence-corrected chi connectivity index (χ2v) is 7.22. The van der Waals surface area contributed by atoms with Crippen molar-refractivity contribution in [3.63, 3.8) is 0 Å². The lowest BCUT2D eigenvalue weighted by molar-refractivity contribution is 0.410. The van der Waals surface area contributed by atoms with Crippen molar-refractivity contribution in [2.75, 3.05) is 11.8 Å². The molecule has 124 valence electrons. The van der Waals surface area contributed by atoms with Gasteiger partial charge < -0.3 is 4.74 Å². The van der Waals surface area contributed by atoms with Crippen molar-refractivity contribution in [3.05, 3.63) is 59.8 Å². The maximum absolute atomic E-state index is 12.9. The number of pyridine rings is 1. The normalized spacial score (nSPS) is 11.5. The summed E-state index contributed by atoms with van der Waals surface area (Å²) >= 11 is 0. The van der Waals surface area contributed by atoms with Gasteiger partial charge in [0.2, 0.25) is 0 Å². The van der Waals surface area contributed by atoms with Gasteiger partial charge in [-0.2, -0.15) is 0 Å². The lowest BCUT2D eigenvalue weighted by atomic mass is 10.1. The van der Waals surface area contributed by atoms with Crippen molar-refractivity contribution in [1.82, 2.24) is 4.98 Å². The molecule has 0 radical (unpaired) electrons. The topological polar surface area (TPSA) is 68.3 Å². The van der Waals surface area contributed by atoms with Gasteiger partial charge in [0.15, 0.2) is 0 Å². The molecule has 24 heavy (non-hydrogen) atoms. The average molecular weight is 342 g/mol. The highest BCUT2D eigenvalue weighted by Gasteiger charge is 2.20. The molecule has 0 amide bonds. The number of hydrogen-bond donors (Lipinski definition) is 1. The number of methoxy groups -OCH3 is 1. The number of para-hydroxylation sites is 1. The molecule has 0 unspecified atom stereocenters. The molecular formula is C18H18N2O3S. The summed E-state index contributed by atoms with van der Waals surface area (Å²) in [5.74, 6) is 0.539. The monoisotopic (exact) mass is 342 g/mol. The van der Waals surface area contributed by atoms with Gasteiger partial charge in [0.05, 0.1) is 23.2 Å². The highest BCUT2D eigenvalue weighted by molar-refractivity contribution is 7.92. The number of hydrogen-bond acceptors (Lipinski definition) is 4. The van der Waals surface area contributed by atoms with Crippen LogP contribution in [0, 0.1) is 13.8 Å². The van der Waals surface area contributed by atoms with E-state index in [-0.39, 0.29) is 4.90 Å². The molecule has 0 saturated carbocycles. The van der Waals surface area contributed by atoms with Gasteiger partial charge >= 0.3 is 0 Å². The second kappa shape index (κ2) is 6.13. The number of fused-ring (bicyclic) bond motifs is 1. The Bertz CT molecular complexity index is 1010. The minimum absolute atomic E-state index is 0.192. The highest BCUT2D eigenvalue weighted by atomic mass is 32.2. The Hall–Kier alpha value is -2.60. The SMILES string of the molecule is COc1cc(S(=O)(=O)Nc2cccc3cccnc23)c(C)cc1C. The summed E-state index contributed by atoms with van der Waals surface area (Å²) in [5, 5.41) is 0.871. The molecule has 0 aliphatic rings. The summed E-state index contributed by atoms with van der Waals surface area (Å²) in [6.07, 6.45) is 1.64. The van der Waals surface area contributed by atoms with Gasteiger partial charge in [-0.1, -0.05) is 24.3 Å². The number of benzene rings is 2. The molecule has 0 saturated heterocycles. The van der Waals surface area contributed by atoms with Gasteiger partial charge in [0.25, 0.3) is 10.0 Å². The van der Waals surface area contributed by atoms with Crippen LogP contribution in [0.15, 0.2) is 53.6 Å². The molecule has 5 nitrogen and oxygen atoms in total. The van der Waals surface area contributed by atoms with Gasteiger partial charge in [-0.05, 0) is 37.1 Å². The number of ether oxygens (including phenoxy) is 1. The van der Waals surface area contributed by atoms with Gasteiger partial charge in [-0.25, -0.2) is 8.42 Å². The van der Waals surface area contributed by atoms with E-state index in [9.17, 15) is 8.42 Å². The maximum atomic E-state index is 12.9. The lowest BCUT2D eigenvalue weighted by Gasteiger charge is -2.14. The van der Waals surface area contributed by atoms with E-state index in [1.165, 1.54) is 7.11 Å². The number of nitrogens with zero attached hydrogens (tertiary/aromatic N) is 1. The van der Waals surface area contributed by atoms with Crippen LogP contribution in [-0.2, 0) is 10.0 Å². The van der Waals surface area contributed by atoms with Crippen molar-refractivity contribution in [2.45, 2.75) is 18.7 Å². The van der Waals surface area contributed by atoms with E-state index in [1.54, 1.807) is 37.4 Å². The van der Waals surface area contributed by atoms with Crippen molar-refractivity contribution in [2.24, 2.45) is 0 Å². The van der Waals surface area contributed by atoms with Crippen LogP contribution in [0.3, 0.4) is 0 Å². The number of aromatic nitrogens is 1. The zero-order chi connectivity index (χ0) is 17.3. The first-order chi connectivity index (χ1) is 11.4. The summed E-state index contributed by atoms with van der Waals surface area (Å²) in [6.45, 7) is 3.65. The van der Waals surface area contributed by atoms with E-state index >= 15 is 0 Å². The summed E-state index contributed by atoms with van der Waals surface area (Å²) in [6, 6.07) is 12.4. The smallest absolute Gasteiger partial charge is 0.262 e. The summed E-state index contributed by atoms with van der Waals surface area (Å²) in [5.41, 5.74) is 2.61. The first kappa shape index (κ1) is 16.3. The van der Waals surface area contributed by atoms with Crippen molar-refractivity contribution >= 4 is 26.6 Å². The molecule has 1 N–H and O–H groups in total. The predicted molar refractivity (Wildman–Crippen MR) is 95.0 cm³/mol. The Morgan fingerprint density at radius 1 is 1.04 bits per heavy atom. The van der Waals surface area contributed by atoms with E-state index < -0.39 is 10.0 Å². The Labute approximate surface area is 141 Å². The molecule has 0 aliphatic carbocycles. The molecule has 1 aromatic heterocycles. The first-order valence-corrected chi connectivity index (χ1v) is 8.92. The minimum Gasteiger partial charge on any atom is -0.496 e. The largest absolute Gasteiger partial charge is 0.496 e. The van der Waals surface area contributed by atoms with Crippen LogP contribution in [0.1, 0.15) is 11.1 Å². The number of sulfonamides is 1. The fraction of sp³-hybridized carbons (Fsp3) is 0.167. The van der Waals surface area contributed by atoms with Crippen LogP contribution >= 0.6 is 0 Å². The van der Waals surface area contributed by atoms with Crippen LogP contribution < -0.4 is 9.46 Å². The fourth-order valence-electron chi connectivity index (χ4n) is 2.71. The Morgan fingerprint density at radius 2 is 1.79 bits per heavy atom. The maximum Gasteiger partial charge on any atom is 0.262 e. The van der Waals surface area contributed by atoms with Gasteiger partial charge in [0.1, 0.15) is 5.75 Å². The summed E-state index contributed by atoms with van der Waals surface area (Å²) < 4.78 is 33.6. The van der Waals surface area contributed by atoms with Crippen LogP contribution in [-0.4, -0.2) is 20.5 Å². The van der Waals surface area contributed by atoms with Gasteiger partial charge in [-0.3, -0.25) is 9.71 Å². The van der Waals surface area contributed by atoms with E-state index in [4.69, 9.17) is 4.74 Å². The number of aryl methyl sites for hydroxylation is 2. The third-order valence-electron chi connectivity index (χ3n) is 3.86. The van der Waals surface area contributed by atoms with E-state index in [0.717, 1.165) is 10.9 Å². The van der Waals surface area contributed by atoms with E-state index in [2.05, 4.69) is 9.71 Å². The van der Waals surface area contributed by atoms with E-state index in [1.807, 2.05) is 25.1 Å². The molecule has 2 aromatic carbocycles. The van der Waals surface area contributed by atoms with Gasteiger partial charge in [0, 0.05) is 17.6 Å². The predicted octanol–water partition coefficient (Wildman–Crippen LogP) is 3.66. The third-order valence-corrected chi connectivity index (χ3v) is 5.37. The highest BCUT2D eigenvalue weighted by Crippen LogP contribution is 2.29. The Kier molecular flexibility index (Phi) is 4.15. The van der Waals surface area contributed by atoms with Crippen molar-refractivity contribution in [1.29, 1.82) is 0 Å². The van der Waals surface area contributed by atoms with Crippen LogP contribution in [0.4, 0.5) is 5.69 Å². The van der Waals surface area contributed by atoms with Crippen molar-refractivity contribution in [3.8, 4) is 5.75 Å². The second-order valence-electron chi connectivity index (χ2n) is 5.57.